The molecule has 0 aliphatic carbocycles. The molecule has 0 aromatic heterocycles. The van der Waals surface area contributed by atoms with Gasteiger partial charge in [-0.15, -0.1) is 0 Å². The van der Waals surface area contributed by atoms with Gasteiger partial charge in [0.05, 0.1) is 0 Å². The summed E-state index contributed by atoms with van der Waals surface area (Å²) >= 11 is 0. The monoisotopic (exact) mass is 171 g/mol. The highest BCUT2D eigenvalue weighted by Gasteiger charge is 2.16. The lowest BCUT2D eigenvalue weighted by molar-refractivity contribution is 0.284. The molecule has 0 radical (unpaired) electrons. The first-order chi connectivity index (χ1) is 5.43. The second-order valence-electron chi connectivity index (χ2n) is 4.85. The van der Waals surface area contributed by atoms with E-state index in [1.807, 2.05) is 0 Å². The van der Waals surface area contributed by atoms with E-state index in [0.717, 1.165) is 17.8 Å². The summed E-state index contributed by atoms with van der Waals surface area (Å²) in [5.41, 5.74) is 5.81. The van der Waals surface area contributed by atoms with Crippen LogP contribution >= 0.6 is 0 Å². The minimum absolute atomic E-state index is 0.358. The number of hydrogen-bond donors (Lipinski definition) is 1. The molecule has 0 fully saturated rings. The Kier molecular flexibility index (Phi) is 5.56. The third-order valence-corrected chi connectivity index (χ3v) is 2.39. The molecule has 0 aromatic carbocycles. The van der Waals surface area contributed by atoms with E-state index < -0.39 is 0 Å². The van der Waals surface area contributed by atoms with E-state index in [4.69, 9.17) is 5.73 Å². The van der Waals surface area contributed by atoms with Crippen molar-refractivity contribution in [3.8, 4) is 0 Å². The van der Waals surface area contributed by atoms with Gasteiger partial charge in [-0.1, -0.05) is 27.7 Å². The van der Waals surface area contributed by atoms with E-state index in [-0.39, 0.29) is 0 Å². The minimum Gasteiger partial charge on any atom is -0.328 e. The summed E-state index contributed by atoms with van der Waals surface area (Å²) < 4.78 is 0. The topological polar surface area (TPSA) is 26.0 Å². The van der Waals surface area contributed by atoms with Crippen molar-refractivity contribution in [1.29, 1.82) is 0 Å². The van der Waals surface area contributed by atoms with Gasteiger partial charge < -0.3 is 5.73 Å². The van der Waals surface area contributed by atoms with Crippen molar-refractivity contribution < 1.29 is 0 Å². The van der Waals surface area contributed by atoms with Crippen LogP contribution < -0.4 is 5.73 Å². The molecular formula is C11H25N. The summed E-state index contributed by atoms with van der Waals surface area (Å²) in [6.45, 7) is 11.3. The Morgan fingerprint density at radius 1 is 0.917 bits per heavy atom. The summed E-state index contributed by atoms with van der Waals surface area (Å²) in [5.74, 6) is 2.39. The van der Waals surface area contributed by atoms with Gasteiger partial charge in [-0.25, -0.2) is 0 Å². The maximum Gasteiger partial charge on any atom is 0.00132 e. The molecule has 2 atom stereocenters. The van der Waals surface area contributed by atoms with Crippen LogP contribution in [0.15, 0.2) is 0 Å². The predicted octanol–water partition coefficient (Wildman–Crippen LogP) is 3.04. The average Bonchev–Trinajstić information content (AvgIpc) is 1.83. The first kappa shape index (κ1) is 12.0. The largest absolute Gasteiger partial charge is 0.328 e. The molecule has 0 saturated heterocycles. The second kappa shape index (κ2) is 5.58. The van der Waals surface area contributed by atoms with Gasteiger partial charge in [0.1, 0.15) is 0 Å². The summed E-state index contributed by atoms with van der Waals surface area (Å²) in [5, 5.41) is 0. The van der Waals surface area contributed by atoms with Gasteiger partial charge in [-0.3, -0.25) is 0 Å². The third kappa shape index (κ3) is 5.59. The molecule has 0 aliphatic heterocycles. The van der Waals surface area contributed by atoms with Gasteiger partial charge in [-0.05, 0) is 37.5 Å². The van der Waals surface area contributed by atoms with Crippen LogP contribution in [0.3, 0.4) is 0 Å². The highest BCUT2D eigenvalue weighted by molar-refractivity contribution is 4.69. The van der Waals surface area contributed by atoms with Crippen LogP contribution in [0.25, 0.3) is 0 Å². The van der Waals surface area contributed by atoms with Crippen LogP contribution in [0, 0.1) is 17.8 Å². The Balaban J connectivity index is 3.87. The molecule has 1 heteroatoms. The van der Waals surface area contributed by atoms with Crippen molar-refractivity contribution in [3.05, 3.63) is 0 Å². The third-order valence-electron chi connectivity index (χ3n) is 2.39. The van der Waals surface area contributed by atoms with Gasteiger partial charge in [0, 0.05) is 6.04 Å². The van der Waals surface area contributed by atoms with Crippen LogP contribution in [0.4, 0.5) is 0 Å². The van der Waals surface area contributed by atoms with Crippen molar-refractivity contribution in [2.24, 2.45) is 23.5 Å². The zero-order valence-electron chi connectivity index (χ0n) is 9.30. The van der Waals surface area contributed by atoms with Crippen molar-refractivity contribution in [1.82, 2.24) is 0 Å². The predicted molar refractivity (Wildman–Crippen MR) is 56.0 cm³/mol. The summed E-state index contributed by atoms with van der Waals surface area (Å²) in [7, 11) is 0. The molecule has 1 nitrogen and oxygen atoms in total. The molecule has 0 bridgehead atoms. The van der Waals surface area contributed by atoms with Crippen molar-refractivity contribution in [3.63, 3.8) is 0 Å². The summed E-state index contributed by atoms with van der Waals surface area (Å²) in [4.78, 5) is 0. The Morgan fingerprint density at radius 3 is 1.67 bits per heavy atom. The molecule has 0 aromatic rings. The zero-order chi connectivity index (χ0) is 9.72. The highest BCUT2D eigenvalue weighted by Crippen LogP contribution is 2.24. The standard InChI is InChI=1S/C11H25N/c1-8(2)6-11(9(3)4)7-10(5)12/h8-11H,6-7,12H2,1-5H3. The van der Waals surface area contributed by atoms with Crippen LogP contribution in [-0.2, 0) is 0 Å². The molecule has 0 saturated carbocycles. The molecule has 12 heavy (non-hydrogen) atoms. The fourth-order valence-electron chi connectivity index (χ4n) is 1.72. The maximum absolute atomic E-state index is 5.81. The van der Waals surface area contributed by atoms with Crippen LogP contribution in [-0.4, -0.2) is 6.04 Å². The number of hydrogen-bond acceptors (Lipinski definition) is 1. The normalized spacial score (nSPS) is 17.0. The van der Waals surface area contributed by atoms with Gasteiger partial charge in [0.15, 0.2) is 0 Å². The molecule has 0 aliphatic rings. The van der Waals surface area contributed by atoms with E-state index in [1.54, 1.807) is 0 Å². The average molecular weight is 171 g/mol. The molecular weight excluding hydrogens is 146 g/mol. The Labute approximate surface area is 77.7 Å². The molecule has 2 N–H and O–H groups in total. The molecule has 0 heterocycles. The minimum atomic E-state index is 0.358. The van der Waals surface area contributed by atoms with Crippen molar-refractivity contribution in [2.75, 3.05) is 0 Å². The van der Waals surface area contributed by atoms with E-state index in [2.05, 4.69) is 34.6 Å². The van der Waals surface area contributed by atoms with E-state index in [9.17, 15) is 0 Å². The molecule has 0 rings (SSSR count). The Hall–Kier alpha value is -0.0400. The lowest BCUT2D eigenvalue weighted by Gasteiger charge is -2.24. The van der Waals surface area contributed by atoms with E-state index in [1.165, 1.54) is 12.8 Å². The lowest BCUT2D eigenvalue weighted by atomic mass is 9.83. The summed E-state index contributed by atoms with van der Waals surface area (Å²) in [6.07, 6.45) is 2.50. The molecule has 0 amide bonds. The van der Waals surface area contributed by atoms with Gasteiger partial charge in [0.2, 0.25) is 0 Å². The Morgan fingerprint density at radius 2 is 1.42 bits per heavy atom. The summed E-state index contributed by atoms with van der Waals surface area (Å²) in [6, 6.07) is 0.358. The van der Waals surface area contributed by atoms with Crippen LogP contribution in [0.5, 0.6) is 0 Å². The number of nitrogens with two attached hydrogens (primary N) is 1. The zero-order valence-corrected chi connectivity index (χ0v) is 9.30. The highest BCUT2D eigenvalue weighted by atomic mass is 14.6. The molecule has 2 unspecified atom stereocenters. The smallest absolute Gasteiger partial charge is 0.00132 e. The van der Waals surface area contributed by atoms with Gasteiger partial charge >= 0.3 is 0 Å². The number of rotatable bonds is 5. The SMILES string of the molecule is CC(C)CC(CC(C)N)C(C)C. The lowest BCUT2D eigenvalue weighted by Crippen LogP contribution is -2.23. The van der Waals surface area contributed by atoms with Gasteiger partial charge in [-0.2, -0.15) is 0 Å². The molecule has 74 valence electrons. The quantitative estimate of drug-likeness (QED) is 0.676. The van der Waals surface area contributed by atoms with Crippen LogP contribution in [0.1, 0.15) is 47.5 Å². The van der Waals surface area contributed by atoms with E-state index in [0.29, 0.717) is 6.04 Å². The molecule has 0 spiro atoms. The Bertz CT molecular complexity index is 95.6. The van der Waals surface area contributed by atoms with Crippen molar-refractivity contribution >= 4 is 0 Å². The first-order valence-electron chi connectivity index (χ1n) is 5.19. The first-order valence-corrected chi connectivity index (χ1v) is 5.19. The van der Waals surface area contributed by atoms with Crippen LogP contribution in [0.2, 0.25) is 0 Å². The fraction of sp³-hybridized carbons (Fsp3) is 1.00. The second-order valence-corrected chi connectivity index (χ2v) is 4.85. The maximum atomic E-state index is 5.81. The van der Waals surface area contributed by atoms with Crippen molar-refractivity contribution in [2.45, 2.75) is 53.5 Å². The fourth-order valence-corrected chi connectivity index (χ4v) is 1.72. The van der Waals surface area contributed by atoms with E-state index >= 15 is 0 Å². The van der Waals surface area contributed by atoms with Gasteiger partial charge in [0.25, 0.3) is 0 Å².